The number of pyridine rings is 2. The zero-order valence-corrected chi connectivity index (χ0v) is 19.2. The Kier molecular flexibility index (Phi) is 5.23. The molecule has 0 radical (unpaired) electrons. The Balaban J connectivity index is 1.68. The third-order valence-electron chi connectivity index (χ3n) is 5.81. The minimum atomic E-state index is -0.0939. The van der Waals surface area contributed by atoms with E-state index >= 15 is 0 Å². The van der Waals surface area contributed by atoms with Gasteiger partial charge in [0.15, 0.2) is 5.11 Å². The van der Waals surface area contributed by atoms with Crippen LogP contribution in [-0.2, 0) is 0 Å². The van der Waals surface area contributed by atoms with Crippen LogP contribution in [0.1, 0.15) is 40.2 Å². The maximum atomic E-state index is 5.88. The van der Waals surface area contributed by atoms with Crippen molar-refractivity contribution in [3.63, 3.8) is 0 Å². The summed E-state index contributed by atoms with van der Waals surface area (Å²) in [5.74, 6) is 0.883. The van der Waals surface area contributed by atoms with Gasteiger partial charge in [0, 0.05) is 30.0 Å². The number of rotatable bonds is 4. The van der Waals surface area contributed by atoms with Gasteiger partial charge in [-0.15, -0.1) is 0 Å². The predicted octanol–water partition coefficient (Wildman–Crippen LogP) is 5.37. The number of nitrogens with one attached hydrogen (secondary N) is 1. The standard InChI is InChI=1S/C26H25N5S/c1-17-9-10-23(28-16-17)30-12-6-8-22(30)25-24(21-7-4-5-11-27-21)29-26(32)31(25)20-14-18(2)13-19(3)15-20/h4-16,24-25H,1-3H3,(H,29,32). The highest BCUT2D eigenvalue weighted by Gasteiger charge is 2.42. The van der Waals surface area contributed by atoms with E-state index in [0.717, 1.165) is 28.5 Å². The summed E-state index contributed by atoms with van der Waals surface area (Å²) in [4.78, 5) is 11.5. The summed E-state index contributed by atoms with van der Waals surface area (Å²) < 4.78 is 2.14. The summed E-state index contributed by atoms with van der Waals surface area (Å²) in [7, 11) is 0. The van der Waals surface area contributed by atoms with E-state index in [-0.39, 0.29) is 12.1 Å². The molecule has 4 heterocycles. The van der Waals surface area contributed by atoms with E-state index in [4.69, 9.17) is 12.2 Å². The van der Waals surface area contributed by atoms with Crippen LogP contribution >= 0.6 is 12.2 Å². The molecule has 4 aromatic rings. The van der Waals surface area contributed by atoms with E-state index < -0.39 is 0 Å². The van der Waals surface area contributed by atoms with E-state index in [0.29, 0.717) is 5.11 Å². The molecule has 32 heavy (non-hydrogen) atoms. The molecule has 1 aliphatic heterocycles. The second kappa shape index (κ2) is 8.20. The minimum absolute atomic E-state index is 0.0864. The first-order valence-corrected chi connectivity index (χ1v) is 11.1. The molecule has 1 saturated heterocycles. The molecule has 5 nitrogen and oxygen atoms in total. The lowest BCUT2D eigenvalue weighted by Crippen LogP contribution is -2.30. The van der Waals surface area contributed by atoms with Gasteiger partial charge in [0.1, 0.15) is 11.9 Å². The van der Waals surface area contributed by atoms with Gasteiger partial charge >= 0.3 is 0 Å². The molecule has 6 heteroatoms. The quantitative estimate of drug-likeness (QED) is 0.433. The number of nitrogens with zero attached hydrogens (tertiary/aromatic N) is 4. The van der Waals surface area contributed by atoms with Gasteiger partial charge in [0.25, 0.3) is 0 Å². The minimum Gasteiger partial charge on any atom is -0.351 e. The average Bonchev–Trinajstić information content (AvgIpc) is 3.38. The number of anilines is 1. The van der Waals surface area contributed by atoms with Crippen molar-refractivity contribution in [2.24, 2.45) is 0 Å². The van der Waals surface area contributed by atoms with Crippen LogP contribution in [0, 0.1) is 20.8 Å². The maximum Gasteiger partial charge on any atom is 0.174 e. The molecule has 3 aromatic heterocycles. The van der Waals surface area contributed by atoms with Crippen LogP contribution < -0.4 is 10.2 Å². The topological polar surface area (TPSA) is 46.0 Å². The van der Waals surface area contributed by atoms with Crippen LogP contribution in [0.4, 0.5) is 5.69 Å². The molecule has 1 N–H and O–H groups in total. The Labute approximate surface area is 193 Å². The SMILES string of the molecule is Cc1ccc(-n2cccc2C2C(c3ccccn3)NC(=S)N2c2cc(C)cc(C)c2)nc1. The molecule has 0 saturated carbocycles. The Morgan fingerprint density at radius 2 is 1.69 bits per heavy atom. The Morgan fingerprint density at radius 3 is 2.38 bits per heavy atom. The maximum absolute atomic E-state index is 5.88. The average molecular weight is 440 g/mol. The highest BCUT2D eigenvalue weighted by Crippen LogP contribution is 2.42. The Bertz CT molecular complexity index is 1240. The van der Waals surface area contributed by atoms with Gasteiger partial charge in [0.2, 0.25) is 0 Å². The zero-order valence-electron chi connectivity index (χ0n) is 18.4. The number of benzene rings is 1. The molecule has 5 rings (SSSR count). The zero-order chi connectivity index (χ0) is 22.2. The summed E-state index contributed by atoms with van der Waals surface area (Å²) >= 11 is 5.88. The highest BCUT2D eigenvalue weighted by atomic mass is 32.1. The molecular weight excluding hydrogens is 414 g/mol. The first-order chi connectivity index (χ1) is 15.5. The Hall–Kier alpha value is -3.51. The number of hydrogen-bond acceptors (Lipinski definition) is 3. The lowest BCUT2D eigenvalue weighted by Gasteiger charge is -2.29. The first-order valence-electron chi connectivity index (χ1n) is 10.7. The van der Waals surface area contributed by atoms with Crippen LogP contribution in [0.15, 0.2) is 79.3 Å². The van der Waals surface area contributed by atoms with Gasteiger partial charge in [-0.05, 0) is 92.1 Å². The molecule has 160 valence electrons. The van der Waals surface area contributed by atoms with Crippen molar-refractivity contribution in [3.8, 4) is 5.82 Å². The molecule has 0 spiro atoms. The van der Waals surface area contributed by atoms with Crippen LogP contribution in [0.3, 0.4) is 0 Å². The largest absolute Gasteiger partial charge is 0.351 e. The number of aryl methyl sites for hydroxylation is 3. The number of thiocarbonyl (C=S) groups is 1. The lowest BCUT2D eigenvalue weighted by atomic mass is 10.00. The third kappa shape index (κ3) is 3.67. The monoisotopic (exact) mass is 439 g/mol. The molecule has 1 fully saturated rings. The summed E-state index contributed by atoms with van der Waals surface area (Å²) in [5.41, 5.74) is 6.68. The van der Waals surface area contributed by atoms with Crippen molar-refractivity contribution in [3.05, 3.63) is 107 Å². The fourth-order valence-corrected chi connectivity index (χ4v) is 4.82. The third-order valence-corrected chi connectivity index (χ3v) is 6.12. The molecule has 0 amide bonds. The fourth-order valence-electron chi connectivity index (χ4n) is 4.47. The van der Waals surface area contributed by atoms with Crippen molar-refractivity contribution < 1.29 is 0 Å². The first kappa shape index (κ1) is 20.4. The van der Waals surface area contributed by atoms with E-state index in [1.54, 1.807) is 0 Å². The molecule has 1 aliphatic rings. The van der Waals surface area contributed by atoms with Gasteiger partial charge in [-0.1, -0.05) is 18.2 Å². The highest BCUT2D eigenvalue weighted by molar-refractivity contribution is 7.80. The van der Waals surface area contributed by atoms with Crippen LogP contribution in [0.2, 0.25) is 0 Å². The van der Waals surface area contributed by atoms with Crippen molar-refractivity contribution in [2.45, 2.75) is 32.9 Å². The van der Waals surface area contributed by atoms with Crippen molar-refractivity contribution in [1.82, 2.24) is 19.9 Å². The molecule has 2 atom stereocenters. The molecule has 1 aromatic carbocycles. The summed E-state index contributed by atoms with van der Waals surface area (Å²) in [6, 6.07) is 20.7. The fraction of sp³-hybridized carbons (Fsp3) is 0.192. The van der Waals surface area contributed by atoms with E-state index in [1.165, 1.54) is 11.1 Å². The predicted molar refractivity (Wildman–Crippen MR) is 132 cm³/mol. The summed E-state index contributed by atoms with van der Waals surface area (Å²) in [5, 5.41) is 4.24. The van der Waals surface area contributed by atoms with Crippen molar-refractivity contribution in [2.75, 3.05) is 4.90 Å². The molecule has 2 unspecified atom stereocenters. The molecule has 0 aliphatic carbocycles. The van der Waals surface area contributed by atoms with Gasteiger partial charge in [-0.2, -0.15) is 0 Å². The normalized spacial score (nSPS) is 18.1. The second-order valence-corrected chi connectivity index (χ2v) is 8.73. The van der Waals surface area contributed by atoms with Gasteiger partial charge in [-0.25, -0.2) is 4.98 Å². The van der Waals surface area contributed by atoms with E-state index in [9.17, 15) is 0 Å². The summed E-state index contributed by atoms with van der Waals surface area (Å²) in [6.07, 6.45) is 5.79. The van der Waals surface area contributed by atoms with Gasteiger partial charge < -0.3 is 14.8 Å². The lowest BCUT2D eigenvalue weighted by molar-refractivity contribution is 0.548. The van der Waals surface area contributed by atoms with Crippen LogP contribution in [0.5, 0.6) is 0 Å². The van der Waals surface area contributed by atoms with Gasteiger partial charge in [-0.3, -0.25) is 4.98 Å². The van der Waals surface area contributed by atoms with E-state index in [1.807, 2.05) is 31.5 Å². The van der Waals surface area contributed by atoms with Crippen molar-refractivity contribution >= 4 is 23.0 Å². The number of aromatic nitrogens is 3. The van der Waals surface area contributed by atoms with Crippen LogP contribution in [0.25, 0.3) is 5.82 Å². The number of hydrogen-bond donors (Lipinski definition) is 1. The van der Waals surface area contributed by atoms with Crippen molar-refractivity contribution in [1.29, 1.82) is 0 Å². The Morgan fingerprint density at radius 1 is 0.875 bits per heavy atom. The molecular formula is C26H25N5S. The van der Waals surface area contributed by atoms with E-state index in [2.05, 4.69) is 93.3 Å². The summed E-state index contributed by atoms with van der Waals surface area (Å²) in [6.45, 7) is 6.28. The molecule has 0 bridgehead atoms. The smallest absolute Gasteiger partial charge is 0.174 e. The van der Waals surface area contributed by atoms with Crippen LogP contribution in [-0.4, -0.2) is 19.6 Å². The van der Waals surface area contributed by atoms with Gasteiger partial charge in [0.05, 0.1) is 11.7 Å². The second-order valence-electron chi connectivity index (χ2n) is 8.34.